The van der Waals surface area contributed by atoms with E-state index in [2.05, 4.69) is 50.5 Å². The van der Waals surface area contributed by atoms with E-state index in [-0.39, 0.29) is 0 Å². The fourth-order valence-electron chi connectivity index (χ4n) is 2.47. The molecule has 1 aliphatic heterocycles. The zero-order chi connectivity index (χ0) is 11.0. The summed E-state index contributed by atoms with van der Waals surface area (Å²) in [6.45, 7) is 2.34. The first-order chi connectivity index (χ1) is 7.81. The van der Waals surface area contributed by atoms with Crippen molar-refractivity contribution >= 4 is 26.8 Å². The highest BCUT2D eigenvalue weighted by Gasteiger charge is 2.15. The number of rotatable bonds is 2. The van der Waals surface area contributed by atoms with Crippen molar-refractivity contribution in [1.29, 1.82) is 0 Å². The predicted octanol–water partition coefficient (Wildman–Crippen LogP) is 3.08. The number of aromatic amines is 1. The van der Waals surface area contributed by atoms with Crippen LogP contribution in [0.3, 0.4) is 0 Å². The maximum absolute atomic E-state index is 3.51. The molecule has 0 amide bonds. The largest absolute Gasteiger partial charge is 0.358 e. The van der Waals surface area contributed by atoms with Gasteiger partial charge in [-0.15, -0.1) is 0 Å². The fraction of sp³-hybridized carbons (Fsp3) is 0.385. The minimum absolute atomic E-state index is 0.802. The van der Waals surface area contributed by atoms with Crippen LogP contribution < -0.4 is 5.32 Å². The smallest absolute Gasteiger partial charge is 0.0467 e. The van der Waals surface area contributed by atoms with E-state index in [0.717, 1.165) is 10.4 Å². The third-order valence-electron chi connectivity index (χ3n) is 3.31. The average molecular weight is 279 g/mol. The Morgan fingerprint density at radius 3 is 3.06 bits per heavy atom. The Morgan fingerprint density at radius 2 is 2.25 bits per heavy atom. The van der Waals surface area contributed by atoms with Crippen LogP contribution in [0.1, 0.15) is 12.1 Å². The second kappa shape index (κ2) is 4.22. The van der Waals surface area contributed by atoms with Gasteiger partial charge in [-0.05, 0) is 55.4 Å². The molecule has 1 aliphatic rings. The Morgan fingerprint density at radius 1 is 1.31 bits per heavy atom. The van der Waals surface area contributed by atoms with Gasteiger partial charge in [-0.2, -0.15) is 0 Å². The van der Waals surface area contributed by atoms with Gasteiger partial charge in [0.05, 0.1) is 0 Å². The number of nitrogens with one attached hydrogen (secondary N) is 2. The summed E-state index contributed by atoms with van der Waals surface area (Å²) < 4.78 is 1.14. The average Bonchev–Trinajstić information content (AvgIpc) is 2.86. The van der Waals surface area contributed by atoms with E-state index < -0.39 is 0 Å². The molecular weight excluding hydrogens is 264 g/mol. The van der Waals surface area contributed by atoms with Crippen LogP contribution in [-0.4, -0.2) is 18.1 Å². The highest BCUT2D eigenvalue weighted by molar-refractivity contribution is 9.10. The van der Waals surface area contributed by atoms with E-state index in [0.29, 0.717) is 0 Å². The van der Waals surface area contributed by atoms with Crippen molar-refractivity contribution in [3.8, 4) is 0 Å². The topological polar surface area (TPSA) is 27.8 Å². The SMILES string of the molecule is Brc1ccc2cc(CC3CCNC3)[nH]c2c1. The molecule has 84 valence electrons. The summed E-state index contributed by atoms with van der Waals surface area (Å²) in [4.78, 5) is 3.51. The van der Waals surface area contributed by atoms with Crippen molar-refractivity contribution in [1.82, 2.24) is 10.3 Å². The van der Waals surface area contributed by atoms with Crippen LogP contribution in [0.4, 0.5) is 0 Å². The van der Waals surface area contributed by atoms with Crippen LogP contribution in [0.5, 0.6) is 0 Å². The first kappa shape index (κ1) is 10.4. The molecule has 1 aromatic carbocycles. The fourth-order valence-corrected chi connectivity index (χ4v) is 2.83. The lowest BCUT2D eigenvalue weighted by atomic mass is 10.0. The zero-order valence-electron chi connectivity index (χ0n) is 9.09. The lowest BCUT2D eigenvalue weighted by molar-refractivity contribution is 0.574. The molecule has 0 aliphatic carbocycles. The summed E-state index contributed by atoms with van der Waals surface area (Å²) in [6, 6.07) is 8.68. The Labute approximate surface area is 104 Å². The second-order valence-electron chi connectivity index (χ2n) is 4.59. The van der Waals surface area contributed by atoms with Gasteiger partial charge in [0.25, 0.3) is 0 Å². The molecule has 0 radical (unpaired) electrons. The standard InChI is InChI=1S/C13H15BrN2/c14-11-2-1-10-6-12(16-13(10)7-11)5-9-3-4-15-8-9/h1-2,6-7,9,15-16H,3-5,8H2. The van der Waals surface area contributed by atoms with Gasteiger partial charge < -0.3 is 10.3 Å². The first-order valence-electron chi connectivity index (χ1n) is 5.79. The summed E-state index contributed by atoms with van der Waals surface area (Å²) in [5, 5.41) is 4.72. The van der Waals surface area contributed by atoms with Crippen LogP contribution >= 0.6 is 15.9 Å². The van der Waals surface area contributed by atoms with Crippen LogP contribution in [0.2, 0.25) is 0 Å². The molecule has 2 heterocycles. The van der Waals surface area contributed by atoms with Gasteiger partial charge in [-0.25, -0.2) is 0 Å². The summed E-state index contributed by atoms with van der Waals surface area (Å²) in [5.41, 5.74) is 2.59. The monoisotopic (exact) mass is 278 g/mol. The molecule has 0 bridgehead atoms. The van der Waals surface area contributed by atoms with Crippen molar-refractivity contribution in [2.75, 3.05) is 13.1 Å². The number of hydrogen-bond donors (Lipinski definition) is 2. The van der Waals surface area contributed by atoms with E-state index in [4.69, 9.17) is 0 Å². The van der Waals surface area contributed by atoms with E-state index in [1.807, 2.05) is 0 Å². The number of halogens is 1. The van der Waals surface area contributed by atoms with Crippen LogP contribution in [-0.2, 0) is 6.42 Å². The molecule has 0 spiro atoms. The molecule has 2 aromatic rings. The molecule has 1 atom stereocenters. The summed E-state index contributed by atoms with van der Waals surface area (Å²) >= 11 is 3.50. The molecule has 2 nitrogen and oxygen atoms in total. The number of benzene rings is 1. The maximum Gasteiger partial charge on any atom is 0.0467 e. The maximum atomic E-state index is 3.51. The molecule has 2 N–H and O–H groups in total. The normalized spacial score (nSPS) is 20.7. The Hall–Kier alpha value is -0.800. The van der Waals surface area contributed by atoms with Gasteiger partial charge in [-0.3, -0.25) is 0 Å². The number of aromatic nitrogens is 1. The minimum atomic E-state index is 0.802. The second-order valence-corrected chi connectivity index (χ2v) is 5.50. The molecular formula is C13H15BrN2. The van der Waals surface area contributed by atoms with Crippen molar-refractivity contribution in [3.63, 3.8) is 0 Å². The lowest BCUT2D eigenvalue weighted by Gasteiger charge is -2.04. The molecule has 1 fully saturated rings. The molecule has 1 saturated heterocycles. The number of hydrogen-bond acceptors (Lipinski definition) is 1. The quantitative estimate of drug-likeness (QED) is 0.868. The van der Waals surface area contributed by atoms with E-state index in [1.54, 1.807) is 0 Å². The van der Waals surface area contributed by atoms with Gasteiger partial charge in [-0.1, -0.05) is 22.0 Å². The third-order valence-corrected chi connectivity index (χ3v) is 3.80. The molecule has 0 saturated carbocycles. The summed E-state index contributed by atoms with van der Waals surface area (Å²) in [6.07, 6.45) is 2.47. The Bertz CT molecular complexity index is 498. The van der Waals surface area contributed by atoms with E-state index >= 15 is 0 Å². The van der Waals surface area contributed by atoms with Crippen molar-refractivity contribution in [2.45, 2.75) is 12.8 Å². The van der Waals surface area contributed by atoms with Gasteiger partial charge in [0.15, 0.2) is 0 Å². The number of fused-ring (bicyclic) bond motifs is 1. The van der Waals surface area contributed by atoms with Gasteiger partial charge in [0.1, 0.15) is 0 Å². The molecule has 3 heteroatoms. The third kappa shape index (κ3) is 2.02. The van der Waals surface area contributed by atoms with Crippen molar-refractivity contribution in [2.24, 2.45) is 5.92 Å². The van der Waals surface area contributed by atoms with Gasteiger partial charge in [0, 0.05) is 15.7 Å². The first-order valence-corrected chi connectivity index (χ1v) is 6.58. The van der Waals surface area contributed by atoms with Crippen molar-refractivity contribution in [3.05, 3.63) is 34.4 Å². The predicted molar refractivity (Wildman–Crippen MR) is 70.7 cm³/mol. The van der Waals surface area contributed by atoms with Crippen molar-refractivity contribution < 1.29 is 0 Å². The molecule has 16 heavy (non-hydrogen) atoms. The number of H-pyrrole nitrogens is 1. The van der Waals surface area contributed by atoms with Crippen LogP contribution in [0.15, 0.2) is 28.7 Å². The zero-order valence-corrected chi connectivity index (χ0v) is 10.7. The molecule has 1 unspecified atom stereocenters. The van der Waals surface area contributed by atoms with Crippen LogP contribution in [0, 0.1) is 5.92 Å². The lowest BCUT2D eigenvalue weighted by Crippen LogP contribution is -2.10. The van der Waals surface area contributed by atoms with Gasteiger partial charge >= 0.3 is 0 Å². The molecule has 3 rings (SSSR count). The van der Waals surface area contributed by atoms with E-state index in [9.17, 15) is 0 Å². The Balaban J connectivity index is 1.86. The van der Waals surface area contributed by atoms with Crippen LogP contribution in [0.25, 0.3) is 10.9 Å². The summed E-state index contributed by atoms with van der Waals surface area (Å²) in [5.74, 6) is 0.802. The summed E-state index contributed by atoms with van der Waals surface area (Å²) in [7, 11) is 0. The highest BCUT2D eigenvalue weighted by Crippen LogP contribution is 2.22. The van der Waals surface area contributed by atoms with Gasteiger partial charge in [0.2, 0.25) is 0 Å². The highest BCUT2D eigenvalue weighted by atomic mass is 79.9. The minimum Gasteiger partial charge on any atom is -0.358 e. The Kier molecular flexibility index (Phi) is 2.74. The molecule has 1 aromatic heterocycles. The van der Waals surface area contributed by atoms with E-state index in [1.165, 1.54) is 42.5 Å².